The highest BCUT2D eigenvalue weighted by molar-refractivity contribution is 7.96. The summed E-state index contributed by atoms with van der Waals surface area (Å²) in [7, 11) is 0.246. The largest absolute Gasteiger partial charge is 0.481 e. The van der Waals surface area contributed by atoms with Crippen molar-refractivity contribution in [2.24, 2.45) is 11.7 Å². The van der Waals surface area contributed by atoms with E-state index >= 15 is 0 Å². The fourth-order valence-electron chi connectivity index (χ4n) is 1.08. The standard InChI is InChI=1S/C10H21NO2S/c1-3-4-6-14(8-11)7-5-9(2)10(12)13/h9H,3-8,11H2,1-2H3/p+1/t9-,14?/m0/s1. The van der Waals surface area contributed by atoms with Gasteiger partial charge in [0, 0.05) is 17.3 Å². The highest BCUT2D eigenvalue weighted by Gasteiger charge is 2.19. The van der Waals surface area contributed by atoms with E-state index in [1.54, 1.807) is 6.92 Å². The second-order valence-corrected chi connectivity index (χ2v) is 5.94. The zero-order valence-corrected chi connectivity index (χ0v) is 9.98. The topological polar surface area (TPSA) is 63.3 Å². The molecule has 0 aromatic heterocycles. The van der Waals surface area contributed by atoms with E-state index < -0.39 is 5.97 Å². The van der Waals surface area contributed by atoms with Crippen LogP contribution in [0.5, 0.6) is 0 Å². The molecule has 0 heterocycles. The van der Waals surface area contributed by atoms with Gasteiger partial charge in [0.05, 0.1) is 5.92 Å². The van der Waals surface area contributed by atoms with Crippen LogP contribution in [0.1, 0.15) is 33.1 Å². The van der Waals surface area contributed by atoms with Crippen molar-refractivity contribution in [2.45, 2.75) is 33.1 Å². The molecule has 0 aliphatic heterocycles. The summed E-state index contributed by atoms with van der Waals surface area (Å²) in [6.45, 7) is 3.93. The minimum absolute atomic E-state index is 0.224. The van der Waals surface area contributed by atoms with E-state index in [2.05, 4.69) is 6.92 Å². The summed E-state index contributed by atoms with van der Waals surface area (Å²) in [6.07, 6.45) is 3.17. The van der Waals surface area contributed by atoms with Crippen molar-refractivity contribution in [1.82, 2.24) is 0 Å². The van der Waals surface area contributed by atoms with E-state index in [1.807, 2.05) is 0 Å². The monoisotopic (exact) mass is 220 g/mol. The SMILES string of the molecule is CCCC[S+](CN)CC[C@H](C)C(=O)O. The zero-order chi connectivity index (χ0) is 11.0. The summed E-state index contributed by atoms with van der Waals surface area (Å²) in [5.41, 5.74) is 5.64. The Kier molecular flexibility index (Phi) is 7.99. The average Bonchev–Trinajstić information content (AvgIpc) is 2.17. The van der Waals surface area contributed by atoms with Gasteiger partial charge in [0.15, 0.2) is 5.88 Å². The Morgan fingerprint density at radius 3 is 2.57 bits per heavy atom. The van der Waals surface area contributed by atoms with Crippen LogP contribution in [0.25, 0.3) is 0 Å². The molecule has 3 nitrogen and oxygen atoms in total. The van der Waals surface area contributed by atoms with Gasteiger partial charge in [-0.2, -0.15) is 0 Å². The molecule has 0 aromatic rings. The van der Waals surface area contributed by atoms with Crippen LogP contribution in [0.4, 0.5) is 0 Å². The van der Waals surface area contributed by atoms with Gasteiger partial charge >= 0.3 is 5.97 Å². The summed E-state index contributed by atoms with van der Waals surface area (Å²) in [6, 6.07) is 0. The first kappa shape index (κ1) is 13.8. The van der Waals surface area contributed by atoms with E-state index in [9.17, 15) is 4.79 Å². The van der Waals surface area contributed by atoms with Crippen molar-refractivity contribution in [3.63, 3.8) is 0 Å². The third kappa shape index (κ3) is 6.27. The zero-order valence-electron chi connectivity index (χ0n) is 9.16. The van der Waals surface area contributed by atoms with E-state index in [-0.39, 0.29) is 16.8 Å². The molecule has 1 unspecified atom stereocenters. The molecule has 0 bridgehead atoms. The van der Waals surface area contributed by atoms with Crippen LogP contribution in [0.3, 0.4) is 0 Å². The normalized spacial score (nSPS) is 15.1. The molecule has 2 atom stereocenters. The molecule has 0 saturated carbocycles. The fourth-order valence-corrected chi connectivity index (χ4v) is 3.01. The molecule has 84 valence electrons. The van der Waals surface area contributed by atoms with Crippen molar-refractivity contribution in [3.8, 4) is 0 Å². The Morgan fingerprint density at radius 1 is 1.50 bits per heavy atom. The fraction of sp³-hybridized carbons (Fsp3) is 0.900. The van der Waals surface area contributed by atoms with Crippen LogP contribution in [-0.2, 0) is 15.7 Å². The lowest BCUT2D eigenvalue weighted by Gasteiger charge is -2.08. The van der Waals surface area contributed by atoms with Crippen LogP contribution in [-0.4, -0.2) is 28.5 Å². The lowest BCUT2D eigenvalue weighted by molar-refractivity contribution is -0.141. The number of carboxylic acids is 1. The van der Waals surface area contributed by atoms with Gasteiger partial charge < -0.3 is 5.11 Å². The lowest BCUT2D eigenvalue weighted by atomic mass is 10.1. The first-order chi connectivity index (χ1) is 6.61. The molecule has 0 radical (unpaired) electrons. The highest BCUT2D eigenvalue weighted by Crippen LogP contribution is 2.08. The molecule has 14 heavy (non-hydrogen) atoms. The Hall–Kier alpha value is -0.220. The number of unbranched alkanes of at least 4 members (excludes halogenated alkanes) is 1. The second-order valence-electron chi connectivity index (χ2n) is 3.57. The van der Waals surface area contributed by atoms with Crippen molar-refractivity contribution in [1.29, 1.82) is 0 Å². The number of hydrogen-bond acceptors (Lipinski definition) is 2. The Balaban J connectivity index is 3.66. The quantitative estimate of drug-likeness (QED) is 0.608. The molecule has 3 N–H and O–H groups in total. The van der Waals surface area contributed by atoms with Crippen molar-refractivity contribution < 1.29 is 9.90 Å². The first-order valence-corrected chi connectivity index (χ1v) is 6.92. The molecular formula is C10H22NO2S+. The number of carboxylic acid groups (broad SMARTS) is 1. The summed E-state index contributed by atoms with van der Waals surface area (Å²) < 4.78 is 0. The van der Waals surface area contributed by atoms with Gasteiger partial charge in [0.25, 0.3) is 0 Å². The maximum Gasteiger partial charge on any atom is 0.306 e. The second kappa shape index (κ2) is 8.12. The van der Waals surface area contributed by atoms with Crippen molar-refractivity contribution in [3.05, 3.63) is 0 Å². The molecule has 0 amide bonds. The van der Waals surface area contributed by atoms with Crippen LogP contribution >= 0.6 is 0 Å². The minimum Gasteiger partial charge on any atom is -0.481 e. The number of nitrogens with two attached hydrogens (primary N) is 1. The van der Waals surface area contributed by atoms with Gasteiger partial charge in [-0.05, 0) is 6.42 Å². The van der Waals surface area contributed by atoms with E-state index in [0.29, 0.717) is 5.88 Å². The van der Waals surface area contributed by atoms with Gasteiger partial charge in [-0.15, -0.1) is 0 Å². The number of aliphatic carboxylic acids is 1. The molecule has 0 aliphatic carbocycles. The molecule has 0 rings (SSSR count). The molecule has 4 heteroatoms. The van der Waals surface area contributed by atoms with E-state index in [1.165, 1.54) is 18.6 Å². The van der Waals surface area contributed by atoms with Gasteiger partial charge in [-0.1, -0.05) is 20.3 Å². The van der Waals surface area contributed by atoms with Crippen LogP contribution < -0.4 is 5.73 Å². The number of carbonyl (C=O) groups is 1. The van der Waals surface area contributed by atoms with Gasteiger partial charge in [0.2, 0.25) is 0 Å². The molecule has 0 spiro atoms. The van der Waals surface area contributed by atoms with Crippen molar-refractivity contribution in [2.75, 3.05) is 17.4 Å². The Bertz CT molecular complexity index is 164. The third-order valence-corrected chi connectivity index (χ3v) is 4.43. The lowest BCUT2D eigenvalue weighted by Crippen LogP contribution is -2.24. The first-order valence-electron chi connectivity index (χ1n) is 5.18. The Morgan fingerprint density at radius 2 is 2.14 bits per heavy atom. The van der Waals surface area contributed by atoms with Gasteiger partial charge in [-0.3, -0.25) is 10.5 Å². The molecule has 0 aliphatic rings. The molecule has 0 aromatic carbocycles. The average molecular weight is 220 g/mol. The summed E-state index contributed by atoms with van der Waals surface area (Å²) in [5.74, 6) is 1.94. The van der Waals surface area contributed by atoms with Crippen molar-refractivity contribution >= 4 is 16.9 Å². The van der Waals surface area contributed by atoms with E-state index in [4.69, 9.17) is 10.8 Å². The minimum atomic E-state index is -0.693. The molecular weight excluding hydrogens is 198 g/mol. The summed E-state index contributed by atoms with van der Waals surface area (Å²) in [5, 5.41) is 8.72. The van der Waals surface area contributed by atoms with Crippen LogP contribution in [0, 0.1) is 5.92 Å². The predicted octanol–water partition coefficient (Wildman–Crippen LogP) is 1.43. The van der Waals surface area contributed by atoms with Gasteiger partial charge in [0.1, 0.15) is 11.5 Å². The van der Waals surface area contributed by atoms with Crippen LogP contribution in [0.15, 0.2) is 0 Å². The molecule has 0 saturated heterocycles. The van der Waals surface area contributed by atoms with Gasteiger partial charge in [-0.25, -0.2) is 0 Å². The summed E-state index contributed by atoms with van der Waals surface area (Å²) >= 11 is 0. The summed E-state index contributed by atoms with van der Waals surface area (Å²) in [4.78, 5) is 10.6. The smallest absolute Gasteiger partial charge is 0.306 e. The predicted molar refractivity (Wildman–Crippen MR) is 62.5 cm³/mol. The molecule has 0 fully saturated rings. The number of rotatable bonds is 8. The maximum absolute atomic E-state index is 10.6. The third-order valence-electron chi connectivity index (χ3n) is 2.28. The van der Waals surface area contributed by atoms with Crippen LogP contribution in [0.2, 0.25) is 0 Å². The Labute approximate surface area is 89.4 Å². The van der Waals surface area contributed by atoms with E-state index in [0.717, 1.165) is 12.2 Å². The maximum atomic E-state index is 10.6. The number of hydrogen-bond donors (Lipinski definition) is 2. The highest BCUT2D eigenvalue weighted by atomic mass is 32.2.